The summed E-state index contributed by atoms with van der Waals surface area (Å²) < 4.78 is 1.60. The maximum atomic E-state index is 12.4. The number of aromatic nitrogens is 2. The molecule has 19 heavy (non-hydrogen) atoms. The van der Waals surface area contributed by atoms with E-state index in [-0.39, 0.29) is 10.4 Å². The van der Waals surface area contributed by atoms with Gasteiger partial charge in [-0.1, -0.05) is 12.8 Å². The SMILES string of the molecule is Cc1c(C(=O)O)sc2ncn(CCC3CC3)c(=O)c12. The monoisotopic (exact) mass is 278 g/mol. The van der Waals surface area contributed by atoms with E-state index in [4.69, 9.17) is 5.11 Å². The summed E-state index contributed by atoms with van der Waals surface area (Å²) >= 11 is 1.07. The van der Waals surface area contributed by atoms with Gasteiger partial charge in [0.15, 0.2) is 0 Å². The van der Waals surface area contributed by atoms with Crippen LogP contribution in [0.15, 0.2) is 11.1 Å². The molecule has 0 unspecified atom stereocenters. The van der Waals surface area contributed by atoms with Crippen LogP contribution in [0, 0.1) is 12.8 Å². The highest BCUT2D eigenvalue weighted by molar-refractivity contribution is 7.20. The molecule has 1 saturated carbocycles. The molecule has 0 aliphatic heterocycles. The average Bonchev–Trinajstić information content (AvgIpc) is 3.12. The van der Waals surface area contributed by atoms with Crippen LogP contribution in [-0.2, 0) is 6.54 Å². The molecule has 2 aromatic rings. The molecule has 5 nitrogen and oxygen atoms in total. The molecule has 3 rings (SSSR count). The van der Waals surface area contributed by atoms with Crippen LogP contribution in [0.25, 0.3) is 10.2 Å². The topological polar surface area (TPSA) is 72.2 Å². The van der Waals surface area contributed by atoms with E-state index in [0.29, 0.717) is 22.3 Å². The molecule has 0 atom stereocenters. The molecule has 100 valence electrons. The molecule has 0 spiro atoms. The zero-order valence-corrected chi connectivity index (χ0v) is 11.4. The summed E-state index contributed by atoms with van der Waals surface area (Å²) in [5.74, 6) is -0.245. The average molecular weight is 278 g/mol. The number of carboxylic acid groups (broad SMARTS) is 1. The Morgan fingerprint density at radius 3 is 2.95 bits per heavy atom. The van der Waals surface area contributed by atoms with Gasteiger partial charge in [0.05, 0.1) is 11.7 Å². The highest BCUT2D eigenvalue weighted by Crippen LogP contribution is 2.32. The van der Waals surface area contributed by atoms with Gasteiger partial charge in [0.2, 0.25) is 0 Å². The number of nitrogens with zero attached hydrogens (tertiary/aromatic N) is 2. The molecule has 0 saturated heterocycles. The number of hydrogen-bond donors (Lipinski definition) is 1. The van der Waals surface area contributed by atoms with Crippen molar-refractivity contribution in [2.24, 2.45) is 5.92 Å². The molecule has 1 fully saturated rings. The maximum absolute atomic E-state index is 12.4. The zero-order chi connectivity index (χ0) is 13.6. The molecular formula is C13H14N2O3S. The van der Waals surface area contributed by atoms with Gasteiger partial charge in [-0.2, -0.15) is 0 Å². The largest absolute Gasteiger partial charge is 0.477 e. The van der Waals surface area contributed by atoms with Crippen molar-refractivity contribution in [2.75, 3.05) is 0 Å². The molecule has 0 aromatic carbocycles. The van der Waals surface area contributed by atoms with E-state index < -0.39 is 5.97 Å². The minimum absolute atomic E-state index is 0.119. The third kappa shape index (κ3) is 2.16. The minimum atomic E-state index is -0.996. The Morgan fingerprint density at radius 2 is 2.32 bits per heavy atom. The molecule has 2 heterocycles. The molecule has 0 bridgehead atoms. The van der Waals surface area contributed by atoms with Crippen LogP contribution in [0.2, 0.25) is 0 Å². The van der Waals surface area contributed by atoms with E-state index in [1.165, 1.54) is 19.2 Å². The molecule has 1 aliphatic carbocycles. The first-order chi connectivity index (χ1) is 9.08. The zero-order valence-electron chi connectivity index (χ0n) is 10.5. The Bertz CT molecular complexity index is 712. The smallest absolute Gasteiger partial charge is 0.346 e. The van der Waals surface area contributed by atoms with Crippen molar-refractivity contribution < 1.29 is 9.90 Å². The molecule has 0 amide bonds. The fourth-order valence-electron chi connectivity index (χ4n) is 2.25. The van der Waals surface area contributed by atoms with E-state index in [1.807, 2.05) is 0 Å². The van der Waals surface area contributed by atoms with E-state index in [2.05, 4.69) is 4.98 Å². The lowest BCUT2D eigenvalue weighted by Gasteiger charge is -2.04. The quantitative estimate of drug-likeness (QED) is 0.931. The van der Waals surface area contributed by atoms with Crippen molar-refractivity contribution in [3.05, 3.63) is 27.1 Å². The van der Waals surface area contributed by atoms with Gasteiger partial charge in [0.25, 0.3) is 5.56 Å². The fraction of sp³-hybridized carbons (Fsp3) is 0.462. The Balaban J connectivity index is 2.06. The number of hydrogen-bond acceptors (Lipinski definition) is 4. The Hall–Kier alpha value is -1.69. The maximum Gasteiger partial charge on any atom is 0.346 e. The second-order valence-corrected chi connectivity index (χ2v) is 6.02. The van der Waals surface area contributed by atoms with Crippen LogP contribution in [0.4, 0.5) is 0 Å². The number of rotatable bonds is 4. The van der Waals surface area contributed by atoms with Crippen molar-refractivity contribution in [2.45, 2.75) is 32.7 Å². The molecule has 1 N–H and O–H groups in total. The number of thiophene rings is 1. The molecule has 0 radical (unpaired) electrons. The summed E-state index contributed by atoms with van der Waals surface area (Å²) in [7, 11) is 0. The normalized spacial score (nSPS) is 15.0. The number of aromatic carboxylic acids is 1. The predicted octanol–water partition coefficient (Wildman–Crippen LogP) is 2.26. The molecule has 6 heteroatoms. The summed E-state index contributed by atoms with van der Waals surface area (Å²) in [5, 5.41) is 9.54. The van der Waals surface area contributed by atoms with Gasteiger partial charge in [-0.3, -0.25) is 9.36 Å². The van der Waals surface area contributed by atoms with Crippen LogP contribution < -0.4 is 5.56 Å². The highest BCUT2D eigenvalue weighted by Gasteiger charge is 2.22. The lowest BCUT2D eigenvalue weighted by molar-refractivity contribution is 0.0701. The fourth-order valence-corrected chi connectivity index (χ4v) is 3.23. The summed E-state index contributed by atoms with van der Waals surface area (Å²) in [6.07, 6.45) is 5.05. The minimum Gasteiger partial charge on any atom is -0.477 e. The first-order valence-corrected chi connectivity index (χ1v) is 7.11. The highest BCUT2D eigenvalue weighted by atomic mass is 32.1. The van der Waals surface area contributed by atoms with Crippen LogP contribution in [0.5, 0.6) is 0 Å². The summed E-state index contributed by atoms with van der Waals surface area (Å²) in [6, 6.07) is 0. The van der Waals surface area contributed by atoms with Gasteiger partial charge in [-0.05, 0) is 24.8 Å². The van der Waals surface area contributed by atoms with E-state index in [9.17, 15) is 9.59 Å². The van der Waals surface area contributed by atoms with E-state index in [0.717, 1.165) is 23.7 Å². The lowest BCUT2D eigenvalue weighted by Crippen LogP contribution is -2.20. The van der Waals surface area contributed by atoms with Crippen LogP contribution in [0.3, 0.4) is 0 Å². The third-order valence-corrected chi connectivity index (χ3v) is 4.77. The van der Waals surface area contributed by atoms with Crippen LogP contribution in [-0.4, -0.2) is 20.6 Å². The second-order valence-electron chi connectivity index (χ2n) is 5.02. The van der Waals surface area contributed by atoms with Gasteiger partial charge in [0.1, 0.15) is 9.71 Å². The van der Waals surface area contributed by atoms with E-state index >= 15 is 0 Å². The number of fused-ring (bicyclic) bond motifs is 1. The molecule has 1 aliphatic rings. The second kappa shape index (κ2) is 4.45. The Kier molecular flexibility index (Phi) is 2.89. The van der Waals surface area contributed by atoms with Crippen molar-refractivity contribution >= 4 is 27.5 Å². The summed E-state index contributed by atoms with van der Waals surface area (Å²) in [6.45, 7) is 2.35. The third-order valence-electron chi connectivity index (χ3n) is 3.59. The van der Waals surface area contributed by atoms with Crippen LogP contribution in [0.1, 0.15) is 34.5 Å². The standard InChI is InChI=1S/C13H14N2O3S/c1-7-9-11(19-10(7)13(17)18)14-6-15(12(9)16)5-4-8-2-3-8/h6,8H,2-5H2,1H3,(H,17,18). The van der Waals surface area contributed by atoms with Crippen molar-refractivity contribution in [1.82, 2.24) is 9.55 Å². The van der Waals surface area contributed by atoms with Gasteiger partial charge < -0.3 is 5.11 Å². The van der Waals surface area contributed by atoms with Gasteiger partial charge >= 0.3 is 5.97 Å². The van der Waals surface area contributed by atoms with Crippen molar-refractivity contribution in [1.29, 1.82) is 0 Å². The van der Waals surface area contributed by atoms with Gasteiger partial charge in [-0.25, -0.2) is 9.78 Å². The number of aryl methyl sites for hydroxylation is 2. The van der Waals surface area contributed by atoms with Gasteiger partial charge in [-0.15, -0.1) is 11.3 Å². The van der Waals surface area contributed by atoms with Crippen molar-refractivity contribution in [3.8, 4) is 0 Å². The Morgan fingerprint density at radius 1 is 1.58 bits per heavy atom. The summed E-state index contributed by atoms with van der Waals surface area (Å²) in [5.41, 5.74) is 0.415. The Labute approximate surface area is 113 Å². The number of carboxylic acids is 1. The molecular weight excluding hydrogens is 264 g/mol. The van der Waals surface area contributed by atoms with Crippen molar-refractivity contribution in [3.63, 3.8) is 0 Å². The summed E-state index contributed by atoms with van der Waals surface area (Å²) in [4.78, 5) is 28.4. The lowest BCUT2D eigenvalue weighted by atomic mass is 10.2. The number of carbonyl (C=O) groups is 1. The van der Waals surface area contributed by atoms with Gasteiger partial charge in [0, 0.05) is 6.54 Å². The molecule has 2 aromatic heterocycles. The van der Waals surface area contributed by atoms with Crippen LogP contribution >= 0.6 is 11.3 Å². The first-order valence-electron chi connectivity index (χ1n) is 6.29. The van der Waals surface area contributed by atoms with E-state index in [1.54, 1.807) is 11.5 Å². The predicted molar refractivity (Wildman–Crippen MR) is 72.9 cm³/mol. The first kappa shape index (κ1) is 12.3.